The van der Waals surface area contributed by atoms with Gasteiger partial charge >= 0.3 is 0 Å². The molecule has 0 bridgehead atoms. The predicted molar refractivity (Wildman–Crippen MR) is 102 cm³/mol. The second-order valence-corrected chi connectivity index (χ2v) is 6.61. The van der Waals surface area contributed by atoms with E-state index in [9.17, 15) is 9.59 Å². The molecule has 0 fully saturated rings. The smallest absolute Gasteiger partial charge is 0.274 e. The first kappa shape index (κ1) is 17.8. The second-order valence-electron chi connectivity index (χ2n) is 6.61. The molecule has 1 aromatic heterocycles. The van der Waals surface area contributed by atoms with E-state index in [1.165, 1.54) is 9.58 Å². The third kappa shape index (κ3) is 3.65. The molecule has 0 unspecified atom stereocenters. The van der Waals surface area contributed by atoms with Crippen LogP contribution in [-0.2, 0) is 7.05 Å². The SMILES string of the molecule is Cn1nc(-c2ccc(C(=O)NCC[NH+](C)C)cc2)c2ccccc2c1=O. The largest absolute Gasteiger partial charge is 0.346 e. The van der Waals surface area contributed by atoms with E-state index < -0.39 is 0 Å². The molecule has 3 aromatic rings. The molecule has 2 aromatic carbocycles. The summed E-state index contributed by atoms with van der Waals surface area (Å²) in [4.78, 5) is 25.7. The van der Waals surface area contributed by atoms with Gasteiger partial charge in [-0.1, -0.05) is 30.3 Å². The quantitative estimate of drug-likeness (QED) is 0.702. The Morgan fingerprint density at radius 1 is 1.08 bits per heavy atom. The Morgan fingerprint density at radius 2 is 1.73 bits per heavy atom. The van der Waals surface area contributed by atoms with Crippen LogP contribution in [0, 0.1) is 0 Å². The lowest BCUT2D eigenvalue weighted by Gasteiger charge is -2.10. The topological polar surface area (TPSA) is 68.4 Å². The Morgan fingerprint density at radius 3 is 2.38 bits per heavy atom. The van der Waals surface area contributed by atoms with Gasteiger partial charge < -0.3 is 10.2 Å². The number of amides is 1. The zero-order chi connectivity index (χ0) is 18.7. The van der Waals surface area contributed by atoms with Crippen LogP contribution in [0.1, 0.15) is 10.4 Å². The average molecular weight is 351 g/mol. The third-order valence-electron chi connectivity index (χ3n) is 4.29. The number of quaternary nitrogens is 1. The molecule has 0 aliphatic heterocycles. The third-order valence-corrected chi connectivity index (χ3v) is 4.29. The van der Waals surface area contributed by atoms with Crippen LogP contribution in [0.5, 0.6) is 0 Å². The fourth-order valence-electron chi connectivity index (χ4n) is 2.82. The van der Waals surface area contributed by atoms with Gasteiger partial charge in [0.05, 0.1) is 38.3 Å². The molecule has 0 radical (unpaired) electrons. The number of hydrogen-bond donors (Lipinski definition) is 2. The molecule has 6 heteroatoms. The molecule has 1 heterocycles. The predicted octanol–water partition coefficient (Wildman–Crippen LogP) is 0.475. The minimum atomic E-state index is -0.122. The molecule has 0 spiro atoms. The lowest BCUT2D eigenvalue weighted by Crippen LogP contribution is -3.06. The van der Waals surface area contributed by atoms with Gasteiger partial charge in [-0.15, -0.1) is 0 Å². The Labute approximate surface area is 152 Å². The van der Waals surface area contributed by atoms with E-state index in [0.717, 1.165) is 23.2 Å². The van der Waals surface area contributed by atoms with Crippen LogP contribution in [-0.4, -0.2) is 42.9 Å². The van der Waals surface area contributed by atoms with Crippen molar-refractivity contribution in [3.8, 4) is 11.3 Å². The van der Waals surface area contributed by atoms with Crippen molar-refractivity contribution >= 4 is 16.7 Å². The van der Waals surface area contributed by atoms with Crippen LogP contribution in [0.15, 0.2) is 53.3 Å². The number of likely N-dealkylation sites (N-methyl/N-ethyl adjacent to an activating group) is 1. The number of aryl methyl sites for hydroxylation is 1. The average Bonchev–Trinajstić information content (AvgIpc) is 2.64. The molecule has 0 saturated heterocycles. The number of carbonyl (C=O) groups excluding carboxylic acids is 1. The van der Waals surface area contributed by atoms with Crippen molar-refractivity contribution in [3.05, 3.63) is 64.4 Å². The number of nitrogens with one attached hydrogen (secondary N) is 2. The molecule has 0 aliphatic carbocycles. The molecule has 0 aliphatic rings. The second kappa shape index (κ2) is 7.49. The molecule has 134 valence electrons. The van der Waals surface area contributed by atoms with Gasteiger partial charge in [-0.3, -0.25) is 9.59 Å². The maximum Gasteiger partial charge on any atom is 0.274 e. The summed E-state index contributed by atoms with van der Waals surface area (Å²) in [6.07, 6.45) is 0. The number of fused-ring (bicyclic) bond motifs is 1. The van der Waals surface area contributed by atoms with Gasteiger partial charge in [0.1, 0.15) is 0 Å². The first-order valence-electron chi connectivity index (χ1n) is 8.61. The number of carbonyl (C=O) groups is 1. The van der Waals surface area contributed by atoms with E-state index in [-0.39, 0.29) is 11.5 Å². The maximum atomic E-state index is 12.2. The van der Waals surface area contributed by atoms with E-state index in [1.807, 2.05) is 44.4 Å². The first-order chi connectivity index (χ1) is 12.5. The summed E-state index contributed by atoms with van der Waals surface area (Å²) in [6.45, 7) is 1.51. The monoisotopic (exact) mass is 351 g/mol. The van der Waals surface area contributed by atoms with E-state index in [4.69, 9.17) is 0 Å². The molecule has 0 saturated carbocycles. The van der Waals surface area contributed by atoms with Crippen molar-refractivity contribution in [2.24, 2.45) is 7.05 Å². The molecular formula is C20H23N4O2+. The summed E-state index contributed by atoms with van der Waals surface area (Å²) < 4.78 is 1.35. The van der Waals surface area contributed by atoms with Gasteiger partial charge in [-0.05, 0) is 18.2 Å². The van der Waals surface area contributed by atoms with Crippen LogP contribution >= 0.6 is 0 Å². The van der Waals surface area contributed by atoms with Gasteiger partial charge in [0.25, 0.3) is 11.5 Å². The van der Waals surface area contributed by atoms with Gasteiger partial charge in [0.2, 0.25) is 0 Å². The number of nitrogens with zero attached hydrogens (tertiary/aromatic N) is 2. The molecule has 26 heavy (non-hydrogen) atoms. The normalized spacial score (nSPS) is 11.1. The zero-order valence-corrected chi connectivity index (χ0v) is 15.2. The molecule has 6 nitrogen and oxygen atoms in total. The standard InChI is InChI=1S/C20H22N4O2/c1-23(2)13-12-21-19(25)15-10-8-14(9-11-15)18-16-6-4-5-7-17(16)20(26)24(3)22-18/h4-11H,12-13H2,1-3H3,(H,21,25)/p+1. The highest BCUT2D eigenvalue weighted by atomic mass is 16.1. The highest BCUT2D eigenvalue weighted by molar-refractivity contribution is 5.96. The molecule has 2 N–H and O–H groups in total. The highest BCUT2D eigenvalue weighted by Gasteiger charge is 2.11. The summed E-state index contributed by atoms with van der Waals surface area (Å²) in [5.74, 6) is -0.0870. The van der Waals surface area contributed by atoms with E-state index in [2.05, 4.69) is 10.4 Å². The summed E-state index contributed by atoms with van der Waals surface area (Å²) in [5.41, 5.74) is 2.08. The van der Waals surface area contributed by atoms with E-state index >= 15 is 0 Å². The van der Waals surface area contributed by atoms with E-state index in [0.29, 0.717) is 17.5 Å². The van der Waals surface area contributed by atoms with Crippen LogP contribution in [0.25, 0.3) is 22.0 Å². The summed E-state index contributed by atoms with van der Waals surface area (Å²) in [7, 11) is 5.74. The number of hydrogen-bond acceptors (Lipinski definition) is 3. The lowest BCUT2D eigenvalue weighted by molar-refractivity contribution is -0.856. The Bertz CT molecular complexity index is 991. The van der Waals surface area contributed by atoms with Gasteiger partial charge in [-0.25, -0.2) is 4.68 Å². The van der Waals surface area contributed by atoms with Crippen molar-refractivity contribution in [3.63, 3.8) is 0 Å². The Kier molecular flexibility index (Phi) is 5.14. The molecule has 1 amide bonds. The van der Waals surface area contributed by atoms with Crippen molar-refractivity contribution in [2.45, 2.75) is 0 Å². The van der Waals surface area contributed by atoms with Crippen LogP contribution in [0.2, 0.25) is 0 Å². The van der Waals surface area contributed by atoms with Crippen LogP contribution in [0.4, 0.5) is 0 Å². The lowest BCUT2D eigenvalue weighted by atomic mass is 10.0. The fourth-order valence-corrected chi connectivity index (χ4v) is 2.82. The van der Waals surface area contributed by atoms with Crippen molar-refractivity contribution in [1.82, 2.24) is 15.1 Å². The number of rotatable bonds is 5. The Balaban J connectivity index is 1.90. The summed E-state index contributed by atoms with van der Waals surface area (Å²) in [5, 5.41) is 8.77. The molecule has 0 atom stereocenters. The number of benzene rings is 2. The highest BCUT2D eigenvalue weighted by Crippen LogP contribution is 2.24. The summed E-state index contributed by atoms with van der Waals surface area (Å²) in [6, 6.07) is 14.7. The fraction of sp³-hybridized carbons (Fsp3) is 0.250. The Hall–Kier alpha value is -2.99. The molecular weight excluding hydrogens is 328 g/mol. The first-order valence-corrected chi connectivity index (χ1v) is 8.61. The van der Waals surface area contributed by atoms with E-state index in [1.54, 1.807) is 25.2 Å². The number of aromatic nitrogens is 2. The minimum Gasteiger partial charge on any atom is -0.346 e. The van der Waals surface area contributed by atoms with Crippen LogP contribution in [0.3, 0.4) is 0 Å². The minimum absolute atomic E-state index is 0.0870. The van der Waals surface area contributed by atoms with Gasteiger partial charge in [0.15, 0.2) is 0 Å². The maximum absolute atomic E-state index is 12.2. The molecule has 3 rings (SSSR count). The van der Waals surface area contributed by atoms with Crippen molar-refractivity contribution < 1.29 is 9.69 Å². The van der Waals surface area contributed by atoms with Crippen LogP contribution < -0.4 is 15.8 Å². The van der Waals surface area contributed by atoms with Crippen molar-refractivity contribution in [2.75, 3.05) is 27.2 Å². The zero-order valence-electron chi connectivity index (χ0n) is 15.2. The van der Waals surface area contributed by atoms with Gasteiger partial charge in [-0.2, -0.15) is 5.10 Å². The van der Waals surface area contributed by atoms with Crippen molar-refractivity contribution in [1.29, 1.82) is 0 Å². The summed E-state index contributed by atoms with van der Waals surface area (Å²) >= 11 is 0. The van der Waals surface area contributed by atoms with Gasteiger partial charge in [0, 0.05) is 23.6 Å².